The fourth-order valence-electron chi connectivity index (χ4n) is 4.39. The van der Waals surface area contributed by atoms with Crippen molar-refractivity contribution in [3.8, 4) is 5.75 Å². The standard InChI is InChI=1S/C29H34N4O3/c30-28(34)26-13-4-5-14-27(26)36-22-23-9-8-10-24(21-23)29(35)31-15-6-7-16-32-17-19-33(20-18-32)25-11-2-1-3-12-25/h1-5,8-14,21H,6-7,15-20,22H2,(H2,30,34)(H,31,35). The molecule has 3 aromatic rings. The Morgan fingerprint density at radius 2 is 1.61 bits per heavy atom. The lowest BCUT2D eigenvalue weighted by Gasteiger charge is -2.36. The number of ether oxygens (including phenoxy) is 1. The largest absolute Gasteiger partial charge is 0.488 e. The van der Waals surface area contributed by atoms with Crippen molar-refractivity contribution in [3.63, 3.8) is 0 Å². The van der Waals surface area contributed by atoms with Gasteiger partial charge < -0.3 is 20.7 Å². The Labute approximate surface area is 212 Å². The van der Waals surface area contributed by atoms with Gasteiger partial charge in [-0.3, -0.25) is 14.5 Å². The van der Waals surface area contributed by atoms with Gasteiger partial charge >= 0.3 is 0 Å². The van der Waals surface area contributed by atoms with Crippen molar-refractivity contribution in [2.24, 2.45) is 5.73 Å². The van der Waals surface area contributed by atoms with E-state index in [9.17, 15) is 9.59 Å². The number of carbonyl (C=O) groups excluding carboxylic acids is 2. The summed E-state index contributed by atoms with van der Waals surface area (Å²) in [4.78, 5) is 29.1. The number of nitrogens with one attached hydrogen (secondary N) is 1. The first-order chi connectivity index (χ1) is 17.6. The van der Waals surface area contributed by atoms with Gasteiger partial charge in [-0.15, -0.1) is 0 Å². The second-order valence-electron chi connectivity index (χ2n) is 8.98. The first kappa shape index (κ1) is 25.3. The second kappa shape index (κ2) is 12.7. The molecule has 7 heteroatoms. The first-order valence-electron chi connectivity index (χ1n) is 12.5. The van der Waals surface area contributed by atoms with E-state index in [1.165, 1.54) is 5.69 Å². The number of nitrogens with zero attached hydrogens (tertiary/aromatic N) is 2. The number of hydrogen-bond acceptors (Lipinski definition) is 5. The molecule has 0 unspecified atom stereocenters. The summed E-state index contributed by atoms with van der Waals surface area (Å²) in [7, 11) is 0. The lowest BCUT2D eigenvalue weighted by atomic mass is 10.1. The van der Waals surface area contributed by atoms with Crippen LogP contribution in [0.3, 0.4) is 0 Å². The summed E-state index contributed by atoms with van der Waals surface area (Å²) in [6, 6.07) is 24.8. The van der Waals surface area contributed by atoms with Crippen LogP contribution in [-0.2, 0) is 6.61 Å². The Morgan fingerprint density at radius 3 is 2.39 bits per heavy atom. The molecular weight excluding hydrogens is 452 g/mol. The highest BCUT2D eigenvalue weighted by Crippen LogP contribution is 2.19. The molecule has 0 bridgehead atoms. The third-order valence-corrected chi connectivity index (χ3v) is 6.42. The molecule has 0 atom stereocenters. The minimum atomic E-state index is -0.534. The highest BCUT2D eigenvalue weighted by atomic mass is 16.5. The smallest absolute Gasteiger partial charge is 0.252 e. The normalized spacial score (nSPS) is 13.8. The van der Waals surface area contributed by atoms with Crippen LogP contribution in [0, 0.1) is 0 Å². The molecule has 2 amide bonds. The van der Waals surface area contributed by atoms with Crippen LogP contribution in [0.4, 0.5) is 5.69 Å². The number of nitrogens with two attached hydrogens (primary N) is 1. The van der Waals surface area contributed by atoms with Crippen LogP contribution in [0.15, 0.2) is 78.9 Å². The molecule has 1 fully saturated rings. The van der Waals surface area contributed by atoms with E-state index in [1.54, 1.807) is 30.3 Å². The van der Waals surface area contributed by atoms with Gasteiger partial charge in [-0.05, 0) is 61.3 Å². The number of amides is 2. The molecule has 1 saturated heterocycles. The van der Waals surface area contributed by atoms with Gasteiger partial charge in [0.1, 0.15) is 12.4 Å². The molecule has 0 aliphatic carbocycles. The molecule has 1 aliphatic heterocycles. The maximum Gasteiger partial charge on any atom is 0.252 e. The average molecular weight is 487 g/mol. The molecule has 4 rings (SSSR count). The van der Waals surface area contributed by atoms with Gasteiger partial charge in [0.15, 0.2) is 0 Å². The Morgan fingerprint density at radius 1 is 0.861 bits per heavy atom. The molecule has 36 heavy (non-hydrogen) atoms. The van der Waals surface area contributed by atoms with Crippen molar-refractivity contribution in [2.75, 3.05) is 44.2 Å². The van der Waals surface area contributed by atoms with Crippen LogP contribution in [0.2, 0.25) is 0 Å². The fraction of sp³-hybridized carbons (Fsp3) is 0.310. The predicted octanol–water partition coefficient (Wildman–Crippen LogP) is 3.70. The summed E-state index contributed by atoms with van der Waals surface area (Å²) in [5.74, 6) is -0.194. The Balaban J connectivity index is 1.15. The third-order valence-electron chi connectivity index (χ3n) is 6.42. The number of unbranched alkanes of at least 4 members (excludes halogenated alkanes) is 1. The fourth-order valence-corrected chi connectivity index (χ4v) is 4.39. The zero-order chi connectivity index (χ0) is 25.2. The van der Waals surface area contributed by atoms with E-state index in [0.29, 0.717) is 23.4 Å². The summed E-state index contributed by atoms with van der Waals surface area (Å²) in [6.45, 7) is 6.18. The topological polar surface area (TPSA) is 87.9 Å². The van der Waals surface area contributed by atoms with E-state index in [2.05, 4.69) is 45.4 Å². The summed E-state index contributed by atoms with van der Waals surface area (Å²) < 4.78 is 5.78. The second-order valence-corrected chi connectivity index (χ2v) is 8.98. The molecule has 3 N–H and O–H groups in total. The van der Waals surface area contributed by atoms with Crippen LogP contribution in [0.5, 0.6) is 5.75 Å². The molecule has 188 valence electrons. The van der Waals surface area contributed by atoms with E-state index in [1.807, 2.05) is 18.2 Å². The van der Waals surface area contributed by atoms with Crippen LogP contribution < -0.4 is 20.7 Å². The average Bonchev–Trinajstić information content (AvgIpc) is 2.92. The molecule has 7 nitrogen and oxygen atoms in total. The van der Waals surface area contributed by atoms with E-state index < -0.39 is 5.91 Å². The number of rotatable bonds is 11. The van der Waals surface area contributed by atoms with Gasteiger partial charge in [0, 0.05) is 44.0 Å². The quantitative estimate of drug-likeness (QED) is 0.404. The van der Waals surface area contributed by atoms with Crippen LogP contribution >= 0.6 is 0 Å². The number of piperazine rings is 1. The number of para-hydroxylation sites is 2. The molecule has 0 spiro atoms. The van der Waals surface area contributed by atoms with E-state index in [0.717, 1.165) is 51.1 Å². The summed E-state index contributed by atoms with van der Waals surface area (Å²) in [6.07, 6.45) is 2.00. The SMILES string of the molecule is NC(=O)c1ccccc1OCc1cccc(C(=O)NCCCCN2CCN(c3ccccc3)CC2)c1. The molecule has 0 radical (unpaired) electrons. The van der Waals surface area contributed by atoms with Crippen molar-refractivity contribution < 1.29 is 14.3 Å². The highest BCUT2D eigenvalue weighted by Gasteiger charge is 2.16. The Hall–Kier alpha value is -3.84. The van der Waals surface area contributed by atoms with Crippen molar-refractivity contribution in [3.05, 3.63) is 95.6 Å². The monoisotopic (exact) mass is 486 g/mol. The van der Waals surface area contributed by atoms with Crippen molar-refractivity contribution >= 4 is 17.5 Å². The van der Waals surface area contributed by atoms with Gasteiger partial charge in [-0.25, -0.2) is 0 Å². The zero-order valence-electron chi connectivity index (χ0n) is 20.6. The molecular formula is C29H34N4O3. The summed E-state index contributed by atoms with van der Waals surface area (Å²) in [5, 5.41) is 3.02. The summed E-state index contributed by atoms with van der Waals surface area (Å²) >= 11 is 0. The minimum Gasteiger partial charge on any atom is -0.488 e. The molecule has 3 aromatic carbocycles. The number of primary amides is 1. The molecule has 1 aliphatic rings. The van der Waals surface area contributed by atoms with E-state index in [4.69, 9.17) is 10.5 Å². The van der Waals surface area contributed by atoms with Gasteiger partial charge in [-0.2, -0.15) is 0 Å². The van der Waals surface area contributed by atoms with Crippen LogP contribution in [0.25, 0.3) is 0 Å². The van der Waals surface area contributed by atoms with Gasteiger partial charge in [0.2, 0.25) is 0 Å². The van der Waals surface area contributed by atoms with Gasteiger partial charge in [-0.1, -0.05) is 42.5 Å². The number of benzene rings is 3. The highest BCUT2D eigenvalue weighted by molar-refractivity contribution is 5.95. The van der Waals surface area contributed by atoms with Crippen LogP contribution in [0.1, 0.15) is 39.1 Å². The summed E-state index contributed by atoms with van der Waals surface area (Å²) in [5.41, 5.74) is 8.48. The number of hydrogen-bond donors (Lipinski definition) is 2. The predicted molar refractivity (Wildman–Crippen MR) is 142 cm³/mol. The minimum absolute atomic E-state index is 0.0918. The lowest BCUT2D eigenvalue weighted by molar-refractivity contribution is 0.0951. The third kappa shape index (κ3) is 7.09. The first-order valence-corrected chi connectivity index (χ1v) is 12.5. The Kier molecular flexibility index (Phi) is 8.94. The Bertz CT molecular complexity index is 1140. The molecule has 1 heterocycles. The number of anilines is 1. The van der Waals surface area contributed by atoms with Crippen LogP contribution in [-0.4, -0.2) is 56.0 Å². The molecule has 0 aromatic heterocycles. The zero-order valence-corrected chi connectivity index (χ0v) is 20.6. The van der Waals surface area contributed by atoms with Crippen molar-refractivity contribution in [1.29, 1.82) is 0 Å². The van der Waals surface area contributed by atoms with Gasteiger partial charge in [0.05, 0.1) is 5.56 Å². The molecule has 0 saturated carbocycles. The van der Waals surface area contributed by atoms with Gasteiger partial charge in [0.25, 0.3) is 11.8 Å². The number of carbonyl (C=O) groups is 2. The maximum absolute atomic E-state index is 12.6. The lowest BCUT2D eigenvalue weighted by Crippen LogP contribution is -2.46. The maximum atomic E-state index is 12.6. The van der Waals surface area contributed by atoms with Crippen molar-refractivity contribution in [2.45, 2.75) is 19.4 Å². The van der Waals surface area contributed by atoms with E-state index >= 15 is 0 Å². The van der Waals surface area contributed by atoms with E-state index in [-0.39, 0.29) is 12.5 Å². The van der Waals surface area contributed by atoms with Crippen molar-refractivity contribution in [1.82, 2.24) is 10.2 Å².